The summed E-state index contributed by atoms with van der Waals surface area (Å²) in [4.78, 5) is 26.8. The first-order chi connectivity index (χ1) is 14.1. The first-order valence-corrected chi connectivity index (χ1v) is 9.67. The number of benzene rings is 2. The fraction of sp³-hybridized carbons (Fsp3) is 0.286. The average Bonchev–Trinajstić information content (AvgIpc) is 2.74. The number of carbonyl (C=O) groups excluding carboxylic acids is 2. The molecule has 8 heteroatoms. The second-order valence-electron chi connectivity index (χ2n) is 6.48. The fourth-order valence-electron chi connectivity index (χ4n) is 2.97. The summed E-state index contributed by atoms with van der Waals surface area (Å²) >= 11 is 5.26. The lowest BCUT2D eigenvalue weighted by atomic mass is 10.1. The molecule has 0 aromatic heterocycles. The van der Waals surface area contributed by atoms with Gasteiger partial charge in [0, 0.05) is 13.1 Å². The number of rotatable bonds is 5. The number of hydrogen-bond acceptors (Lipinski definition) is 5. The molecule has 0 aliphatic carbocycles. The molecule has 1 aliphatic rings. The quantitative estimate of drug-likeness (QED) is 0.732. The van der Waals surface area contributed by atoms with Gasteiger partial charge in [-0.2, -0.15) is 0 Å². The van der Waals surface area contributed by atoms with Gasteiger partial charge in [-0.1, -0.05) is 24.3 Å². The van der Waals surface area contributed by atoms with Crippen LogP contribution in [0.3, 0.4) is 0 Å². The van der Waals surface area contributed by atoms with Crippen LogP contribution in [0.25, 0.3) is 0 Å². The van der Waals surface area contributed by atoms with Crippen molar-refractivity contribution in [3.05, 3.63) is 59.7 Å². The summed E-state index contributed by atoms with van der Waals surface area (Å²) in [7, 11) is 1.59. The summed E-state index contributed by atoms with van der Waals surface area (Å²) in [5.41, 5.74) is 1.90. The van der Waals surface area contributed by atoms with Crippen LogP contribution in [0.2, 0.25) is 0 Å². The van der Waals surface area contributed by atoms with Crippen LogP contribution in [0.1, 0.15) is 15.9 Å². The minimum atomic E-state index is -0.246. The number of nitrogens with one attached hydrogen (secondary N) is 2. The van der Waals surface area contributed by atoms with Crippen LogP contribution in [-0.4, -0.2) is 55.2 Å². The fourth-order valence-corrected chi connectivity index (χ4v) is 3.19. The number of methoxy groups -OCH3 is 1. The second-order valence-corrected chi connectivity index (χ2v) is 6.89. The predicted molar refractivity (Wildman–Crippen MR) is 114 cm³/mol. The van der Waals surface area contributed by atoms with Gasteiger partial charge in [-0.3, -0.25) is 9.59 Å². The van der Waals surface area contributed by atoms with Crippen LogP contribution in [0, 0.1) is 0 Å². The summed E-state index contributed by atoms with van der Waals surface area (Å²) in [6.07, 6.45) is 0.181. The van der Waals surface area contributed by atoms with Crippen LogP contribution in [0.5, 0.6) is 5.75 Å². The normalized spacial score (nSPS) is 13.5. The van der Waals surface area contributed by atoms with Gasteiger partial charge in [-0.25, -0.2) is 0 Å². The van der Waals surface area contributed by atoms with Gasteiger partial charge in [0.2, 0.25) is 5.91 Å². The molecule has 0 unspecified atom stereocenters. The molecule has 1 aliphatic heterocycles. The van der Waals surface area contributed by atoms with E-state index in [0.717, 1.165) is 11.3 Å². The Balaban J connectivity index is 1.60. The summed E-state index contributed by atoms with van der Waals surface area (Å²) in [6, 6.07) is 14.3. The summed E-state index contributed by atoms with van der Waals surface area (Å²) < 4.78 is 10.4. The number of ether oxygens (including phenoxy) is 2. The van der Waals surface area contributed by atoms with E-state index in [1.54, 1.807) is 48.4 Å². The zero-order valence-corrected chi connectivity index (χ0v) is 17.0. The van der Waals surface area contributed by atoms with Crippen molar-refractivity contribution in [1.29, 1.82) is 0 Å². The van der Waals surface area contributed by atoms with Crippen LogP contribution in [0.15, 0.2) is 48.5 Å². The lowest BCUT2D eigenvalue weighted by Crippen LogP contribution is -2.41. The van der Waals surface area contributed by atoms with Gasteiger partial charge in [0.1, 0.15) is 5.75 Å². The number of amides is 2. The van der Waals surface area contributed by atoms with Gasteiger partial charge in [0.15, 0.2) is 5.11 Å². The Bertz CT molecular complexity index is 880. The van der Waals surface area contributed by atoms with Gasteiger partial charge in [0.05, 0.1) is 38.0 Å². The Kier molecular flexibility index (Phi) is 7.15. The monoisotopic (exact) mass is 413 g/mol. The molecule has 1 fully saturated rings. The first-order valence-electron chi connectivity index (χ1n) is 9.26. The highest BCUT2D eigenvalue weighted by atomic mass is 32.1. The number of anilines is 1. The molecule has 0 bridgehead atoms. The molecule has 2 aromatic carbocycles. The van der Waals surface area contributed by atoms with Crippen molar-refractivity contribution in [2.75, 3.05) is 38.7 Å². The summed E-state index contributed by atoms with van der Waals surface area (Å²) in [5.74, 6) is 0.390. The number of para-hydroxylation sites is 1. The minimum Gasteiger partial charge on any atom is -0.497 e. The molecule has 1 saturated heterocycles. The maximum atomic E-state index is 12.8. The summed E-state index contributed by atoms with van der Waals surface area (Å²) in [5, 5.41) is 5.77. The molecule has 2 N–H and O–H groups in total. The Morgan fingerprint density at radius 3 is 2.48 bits per heavy atom. The van der Waals surface area contributed by atoms with Crippen molar-refractivity contribution in [3.63, 3.8) is 0 Å². The predicted octanol–water partition coefficient (Wildman–Crippen LogP) is 2.22. The van der Waals surface area contributed by atoms with Crippen molar-refractivity contribution in [2.45, 2.75) is 6.42 Å². The Hall–Kier alpha value is -2.97. The van der Waals surface area contributed by atoms with Crippen LogP contribution < -0.4 is 15.4 Å². The third-order valence-electron chi connectivity index (χ3n) is 4.48. The van der Waals surface area contributed by atoms with Crippen molar-refractivity contribution < 1.29 is 19.1 Å². The van der Waals surface area contributed by atoms with Crippen molar-refractivity contribution in [2.24, 2.45) is 0 Å². The first kappa shape index (κ1) is 20.8. The zero-order valence-electron chi connectivity index (χ0n) is 16.1. The molecule has 0 saturated carbocycles. The molecule has 29 heavy (non-hydrogen) atoms. The smallest absolute Gasteiger partial charge is 0.256 e. The van der Waals surface area contributed by atoms with Gasteiger partial charge in [0.25, 0.3) is 5.91 Å². The molecule has 3 rings (SSSR count). The van der Waals surface area contributed by atoms with E-state index in [2.05, 4.69) is 10.6 Å². The SMILES string of the molecule is COc1ccc(CC(=O)NC(=S)Nc2ccccc2C(=O)N2CCOCC2)cc1. The number of hydrogen-bond donors (Lipinski definition) is 2. The molecule has 0 atom stereocenters. The van der Waals surface area contributed by atoms with E-state index in [4.69, 9.17) is 21.7 Å². The van der Waals surface area contributed by atoms with Crippen LogP contribution >= 0.6 is 12.2 Å². The third kappa shape index (κ3) is 5.75. The average molecular weight is 413 g/mol. The molecule has 0 radical (unpaired) electrons. The second kappa shape index (κ2) is 9.99. The minimum absolute atomic E-state index is 0.0937. The molecular formula is C21H23N3O4S. The number of carbonyl (C=O) groups is 2. The number of morpholine rings is 1. The van der Waals surface area contributed by atoms with E-state index in [1.165, 1.54) is 0 Å². The van der Waals surface area contributed by atoms with Gasteiger partial charge >= 0.3 is 0 Å². The highest BCUT2D eigenvalue weighted by Gasteiger charge is 2.21. The maximum Gasteiger partial charge on any atom is 0.256 e. The Labute approximate surface area is 175 Å². The van der Waals surface area contributed by atoms with Crippen molar-refractivity contribution >= 4 is 34.8 Å². The van der Waals surface area contributed by atoms with Crippen LogP contribution in [-0.2, 0) is 16.0 Å². The van der Waals surface area contributed by atoms with E-state index < -0.39 is 0 Å². The Morgan fingerprint density at radius 1 is 1.10 bits per heavy atom. The third-order valence-corrected chi connectivity index (χ3v) is 4.68. The molecule has 2 amide bonds. The topological polar surface area (TPSA) is 79.9 Å². The lowest BCUT2D eigenvalue weighted by Gasteiger charge is -2.27. The van der Waals surface area contributed by atoms with Gasteiger partial charge in [-0.05, 0) is 42.0 Å². The van der Waals surface area contributed by atoms with E-state index >= 15 is 0 Å². The standard InChI is InChI=1S/C21H23N3O4S/c1-27-16-8-6-15(7-9-16)14-19(25)23-21(29)22-18-5-3-2-4-17(18)20(26)24-10-12-28-13-11-24/h2-9H,10-14H2,1H3,(H2,22,23,25,29). The lowest BCUT2D eigenvalue weighted by molar-refractivity contribution is -0.119. The van der Waals surface area contributed by atoms with Gasteiger partial charge < -0.3 is 25.0 Å². The molecule has 0 spiro atoms. The summed E-state index contributed by atoms with van der Waals surface area (Å²) in [6.45, 7) is 2.16. The largest absolute Gasteiger partial charge is 0.497 e. The molecular weight excluding hydrogens is 390 g/mol. The molecule has 152 valence electrons. The highest BCUT2D eigenvalue weighted by molar-refractivity contribution is 7.80. The van der Waals surface area contributed by atoms with Gasteiger partial charge in [-0.15, -0.1) is 0 Å². The zero-order chi connectivity index (χ0) is 20.6. The maximum absolute atomic E-state index is 12.8. The van der Waals surface area contributed by atoms with Crippen molar-refractivity contribution in [1.82, 2.24) is 10.2 Å². The highest BCUT2D eigenvalue weighted by Crippen LogP contribution is 2.18. The van der Waals surface area contributed by atoms with E-state index in [1.807, 2.05) is 12.1 Å². The van der Waals surface area contributed by atoms with E-state index in [-0.39, 0.29) is 23.3 Å². The van der Waals surface area contributed by atoms with E-state index in [9.17, 15) is 9.59 Å². The molecule has 1 heterocycles. The molecule has 7 nitrogen and oxygen atoms in total. The van der Waals surface area contributed by atoms with E-state index in [0.29, 0.717) is 37.6 Å². The molecule has 2 aromatic rings. The number of thiocarbonyl (C=S) groups is 1. The van der Waals surface area contributed by atoms with Crippen LogP contribution in [0.4, 0.5) is 5.69 Å². The number of nitrogens with zero attached hydrogens (tertiary/aromatic N) is 1. The Morgan fingerprint density at radius 2 is 1.79 bits per heavy atom. The van der Waals surface area contributed by atoms with Crippen molar-refractivity contribution in [3.8, 4) is 5.75 Å².